The molecule has 2 aromatic rings. The highest BCUT2D eigenvalue weighted by Crippen LogP contribution is 2.38. The molecule has 35 heavy (non-hydrogen) atoms. The van der Waals surface area contributed by atoms with E-state index in [9.17, 15) is 9.59 Å². The summed E-state index contributed by atoms with van der Waals surface area (Å²) in [4.78, 5) is 29.9. The number of halogens is 1. The van der Waals surface area contributed by atoms with Gasteiger partial charge >= 0.3 is 0 Å². The number of methoxy groups -OCH3 is 1. The van der Waals surface area contributed by atoms with Gasteiger partial charge in [-0.25, -0.2) is 0 Å². The Bertz CT molecular complexity index is 1010. The van der Waals surface area contributed by atoms with Crippen LogP contribution in [-0.4, -0.2) is 56.6 Å². The number of ether oxygens (including phenoxy) is 1. The van der Waals surface area contributed by atoms with E-state index in [-0.39, 0.29) is 30.3 Å². The normalized spacial score (nSPS) is 17.4. The molecule has 1 saturated carbocycles. The van der Waals surface area contributed by atoms with Crippen molar-refractivity contribution in [3.05, 3.63) is 53.1 Å². The summed E-state index contributed by atoms with van der Waals surface area (Å²) < 4.78 is 5.20. The summed E-state index contributed by atoms with van der Waals surface area (Å²) in [5.74, 6) is -0.236. The molecule has 2 aromatic carbocycles. The van der Waals surface area contributed by atoms with Crippen molar-refractivity contribution < 1.29 is 14.3 Å². The number of nitrogens with zero attached hydrogens (tertiary/aromatic N) is 2. The fraction of sp³-hybridized carbons (Fsp3) is 0.500. The molecule has 0 radical (unpaired) electrons. The molecule has 2 atom stereocenters. The van der Waals surface area contributed by atoms with E-state index in [1.54, 1.807) is 24.0 Å². The SMILES string of the molecule is CCc1cccc(-c2c(Cl)cccc2N(CCCCOC)C(=O)CN(C)C(=O)[C@@H]2CC[C@H](N)C2)c1. The van der Waals surface area contributed by atoms with Crippen LogP contribution in [0.25, 0.3) is 11.1 Å². The van der Waals surface area contributed by atoms with E-state index in [1.165, 1.54) is 5.56 Å². The molecule has 190 valence electrons. The second-order valence-electron chi connectivity index (χ2n) is 9.40. The number of anilines is 1. The second kappa shape index (κ2) is 13.1. The zero-order chi connectivity index (χ0) is 25.4. The number of amides is 2. The van der Waals surface area contributed by atoms with Crippen LogP contribution >= 0.6 is 11.6 Å². The maximum atomic E-state index is 13.7. The molecular formula is C28H38ClN3O3. The first-order valence-corrected chi connectivity index (χ1v) is 12.9. The van der Waals surface area contributed by atoms with Gasteiger partial charge in [-0.2, -0.15) is 0 Å². The van der Waals surface area contributed by atoms with Crippen molar-refractivity contribution in [3.8, 4) is 11.1 Å². The molecule has 0 unspecified atom stereocenters. The van der Waals surface area contributed by atoms with Gasteiger partial charge in [0.05, 0.1) is 17.3 Å². The third-order valence-electron chi connectivity index (χ3n) is 6.76. The Labute approximate surface area is 214 Å². The maximum Gasteiger partial charge on any atom is 0.246 e. The van der Waals surface area contributed by atoms with E-state index >= 15 is 0 Å². The lowest BCUT2D eigenvalue weighted by molar-refractivity contribution is -0.137. The summed E-state index contributed by atoms with van der Waals surface area (Å²) >= 11 is 6.71. The van der Waals surface area contributed by atoms with Crippen LogP contribution in [0.15, 0.2) is 42.5 Å². The minimum absolute atomic E-state index is 0.00685. The number of likely N-dealkylation sites (N-methyl/N-ethyl adjacent to an activating group) is 1. The zero-order valence-corrected chi connectivity index (χ0v) is 21.9. The quantitative estimate of drug-likeness (QED) is 0.445. The van der Waals surface area contributed by atoms with Crippen molar-refractivity contribution in [2.75, 3.05) is 38.8 Å². The Hall–Kier alpha value is -2.41. The Kier molecular flexibility index (Phi) is 10.1. The largest absolute Gasteiger partial charge is 0.385 e. The lowest BCUT2D eigenvalue weighted by atomic mass is 9.99. The topological polar surface area (TPSA) is 75.9 Å². The Morgan fingerprint density at radius 2 is 1.91 bits per heavy atom. The molecule has 0 saturated heterocycles. The molecule has 3 rings (SSSR count). The highest BCUT2D eigenvalue weighted by molar-refractivity contribution is 6.34. The van der Waals surface area contributed by atoms with Crippen LogP contribution in [0, 0.1) is 5.92 Å². The molecule has 2 N–H and O–H groups in total. The summed E-state index contributed by atoms with van der Waals surface area (Å²) in [6.07, 6.45) is 4.83. The highest BCUT2D eigenvalue weighted by Gasteiger charge is 2.31. The predicted octanol–water partition coefficient (Wildman–Crippen LogP) is 4.91. The Morgan fingerprint density at radius 3 is 2.60 bits per heavy atom. The third kappa shape index (κ3) is 7.06. The van der Waals surface area contributed by atoms with Gasteiger partial charge in [0.2, 0.25) is 11.8 Å². The number of unbranched alkanes of at least 4 members (excludes halogenated alkanes) is 1. The van der Waals surface area contributed by atoms with Crippen LogP contribution in [0.4, 0.5) is 5.69 Å². The van der Waals surface area contributed by atoms with Crippen molar-refractivity contribution in [2.45, 2.75) is 51.5 Å². The molecule has 7 heteroatoms. The van der Waals surface area contributed by atoms with Crippen LogP contribution < -0.4 is 10.6 Å². The first-order chi connectivity index (χ1) is 16.8. The molecule has 0 aromatic heterocycles. The van der Waals surface area contributed by atoms with Gasteiger partial charge in [-0.3, -0.25) is 9.59 Å². The molecule has 2 amide bonds. The van der Waals surface area contributed by atoms with Crippen molar-refractivity contribution in [2.24, 2.45) is 11.7 Å². The molecule has 1 aliphatic carbocycles. The Balaban J connectivity index is 1.90. The fourth-order valence-corrected chi connectivity index (χ4v) is 5.06. The molecular weight excluding hydrogens is 462 g/mol. The van der Waals surface area contributed by atoms with Crippen LogP contribution in [0.2, 0.25) is 5.02 Å². The number of nitrogens with two attached hydrogens (primary N) is 1. The van der Waals surface area contributed by atoms with E-state index < -0.39 is 0 Å². The summed E-state index contributed by atoms with van der Waals surface area (Å²) in [6.45, 7) is 3.26. The lowest BCUT2D eigenvalue weighted by Crippen LogP contribution is -2.43. The van der Waals surface area contributed by atoms with E-state index in [0.29, 0.717) is 24.6 Å². The molecule has 1 fully saturated rings. The lowest BCUT2D eigenvalue weighted by Gasteiger charge is -2.29. The number of aryl methyl sites for hydroxylation is 1. The molecule has 0 heterocycles. The van der Waals surface area contributed by atoms with Crippen LogP contribution in [0.3, 0.4) is 0 Å². The van der Waals surface area contributed by atoms with Gasteiger partial charge in [0.25, 0.3) is 0 Å². The van der Waals surface area contributed by atoms with Crippen LogP contribution in [-0.2, 0) is 20.7 Å². The first-order valence-electron chi connectivity index (χ1n) is 12.5. The molecule has 6 nitrogen and oxygen atoms in total. The molecule has 1 aliphatic rings. The average molecular weight is 500 g/mol. The predicted molar refractivity (Wildman–Crippen MR) is 143 cm³/mol. The van der Waals surface area contributed by atoms with E-state index in [2.05, 4.69) is 19.1 Å². The van der Waals surface area contributed by atoms with Gasteiger partial charge in [-0.05, 0) is 61.8 Å². The maximum absolute atomic E-state index is 13.7. The molecule has 0 bridgehead atoms. The van der Waals surface area contributed by atoms with Crippen LogP contribution in [0.1, 0.15) is 44.6 Å². The third-order valence-corrected chi connectivity index (χ3v) is 7.07. The number of carbonyl (C=O) groups is 2. The standard InChI is InChI=1S/C28H38ClN3O3/c1-4-20-9-7-10-21(17-20)27-24(29)11-8-12-25(27)32(15-5-6-16-35-3)26(33)19-31(2)28(34)22-13-14-23(30)18-22/h7-12,17,22-23H,4-6,13-16,18-19,30H2,1-3H3/t22-,23+/m1/s1. The molecule has 0 aliphatic heterocycles. The van der Waals surface area contributed by atoms with E-state index in [1.807, 2.05) is 30.3 Å². The van der Waals surface area contributed by atoms with Gasteiger partial charge in [0.1, 0.15) is 0 Å². The van der Waals surface area contributed by atoms with Crippen molar-refractivity contribution in [1.82, 2.24) is 4.90 Å². The van der Waals surface area contributed by atoms with Crippen molar-refractivity contribution >= 4 is 29.1 Å². The first kappa shape index (κ1) is 27.2. The number of hydrogen-bond acceptors (Lipinski definition) is 4. The summed E-state index contributed by atoms with van der Waals surface area (Å²) in [5.41, 5.74) is 9.78. The zero-order valence-electron chi connectivity index (χ0n) is 21.1. The summed E-state index contributed by atoms with van der Waals surface area (Å²) in [5, 5.41) is 0.592. The van der Waals surface area contributed by atoms with Crippen LogP contribution in [0.5, 0.6) is 0 Å². The van der Waals surface area contributed by atoms with Gasteiger partial charge in [0, 0.05) is 44.8 Å². The van der Waals surface area contributed by atoms with Gasteiger partial charge in [-0.15, -0.1) is 0 Å². The van der Waals surface area contributed by atoms with Gasteiger partial charge in [-0.1, -0.05) is 48.9 Å². The molecule has 0 spiro atoms. The van der Waals surface area contributed by atoms with Crippen molar-refractivity contribution in [1.29, 1.82) is 0 Å². The number of rotatable bonds is 11. The Morgan fingerprint density at radius 1 is 1.14 bits per heavy atom. The monoisotopic (exact) mass is 499 g/mol. The smallest absolute Gasteiger partial charge is 0.246 e. The summed E-state index contributed by atoms with van der Waals surface area (Å²) in [6, 6.07) is 14.0. The number of carbonyl (C=O) groups excluding carboxylic acids is 2. The minimum Gasteiger partial charge on any atom is -0.385 e. The minimum atomic E-state index is -0.129. The average Bonchev–Trinajstić information content (AvgIpc) is 3.29. The summed E-state index contributed by atoms with van der Waals surface area (Å²) in [7, 11) is 3.38. The number of hydrogen-bond donors (Lipinski definition) is 1. The number of benzene rings is 2. The van der Waals surface area contributed by atoms with E-state index in [0.717, 1.165) is 48.9 Å². The van der Waals surface area contributed by atoms with Gasteiger partial charge < -0.3 is 20.3 Å². The second-order valence-corrected chi connectivity index (χ2v) is 9.80. The van der Waals surface area contributed by atoms with Gasteiger partial charge in [0.15, 0.2) is 0 Å². The highest BCUT2D eigenvalue weighted by atomic mass is 35.5. The fourth-order valence-electron chi connectivity index (χ4n) is 4.78. The van der Waals surface area contributed by atoms with E-state index in [4.69, 9.17) is 22.1 Å². The van der Waals surface area contributed by atoms with Crippen molar-refractivity contribution in [3.63, 3.8) is 0 Å².